The Labute approximate surface area is 138 Å². The van der Waals surface area contributed by atoms with Gasteiger partial charge in [-0.25, -0.2) is 8.42 Å². The van der Waals surface area contributed by atoms with Crippen LogP contribution in [0.1, 0.15) is 26.7 Å². The van der Waals surface area contributed by atoms with E-state index in [1.807, 2.05) is 0 Å². The van der Waals surface area contributed by atoms with Crippen LogP contribution < -0.4 is 16.4 Å². The highest BCUT2D eigenvalue weighted by Crippen LogP contribution is 2.27. The second kappa shape index (κ2) is 8.85. The summed E-state index contributed by atoms with van der Waals surface area (Å²) in [7, 11) is -1.86. The molecule has 0 unspecified atom stereocenters. The van der Waals surface area contributed by atoms with E-state index in [1.54, 1.807) is 27.0 Å². The highest BCUT2D eigenvalue weighted by molar-refractivity contribution is 7.89. The van der Waals surface area contributed by atoms with Gasteiger partial charge < -0.3 is 16.4 Å². The van der Waals surface area contributed by atoms with Gasteiger partial charge in [-0.05, 0) is 31.2 Å². The zero-order valence-electron chi connectivity index (χ0n) is 13.9. The zero-order valence-corrected chi connectivity index (χ0v) is 14.7. The van der Waals surface area contributed by atoms with Gasteiger partial charge in [0.1, 0.15) is 0 Å². The number of hydrogen-bond acceptors (Lipinski definition) is 5. The zero-order chi connectivity index (χ0) is 17.5. The van der Waals surface area contributed by atoms with Crippen LogP contribution in [0.25, 0.3) is 0 Å². The molecular formula is C15H26N4O3S. The molecule has 0 spiro atoms. The van der Waals surface area contributed by atoms with Crippen molar-refractivity contribution in [3.63, 3.8) is 0 Å². The Morgan fingerprint density at radius 1 is 1.22 bits per heavy atom. The maximum atomic E-state index is 12.6. The first-order valence-electron chi connectivity index (χ1n) is 7.72. The van der Waals surface area contributed by atoms with Crippen molar-refractivity contribution in [1.82, 2.24) is 4.31 Å². The van der Waals surface area contributed by atoms with Crippen LogP contribution in [-0.4, -0.2) is 45.3 Å². The molecule has 0 saturated carbocycles. The van der Waals surface area contributed by atoms with Gasteiger partial charge in [-0.2, -0.15) is 4.31 Å². The smallest absolute Gasteiger partial charge is 0.243 e. The Balaban J connectivity index is 3.14. The third-order valence-electron chi connectivity index (χ3n) is 3.49. The monoisotopic (exact) mass is 342 g/mol. The van der Waals surface area contributed by atoms with Crippen LogP contribution in [0.5, 0.6) is 0 Å². The fourth-order valence-electron chi connectivity index (χ4n) is 2.19. The van der Waals surface area contributed by atoms with Crippen molar-refractivity contribution < 1.29 is 13.2 Å². The second-order valence-electron chi connectivity index (χ2n) is 4.99. The molecule has 1 amide bonds. The average molecular weight is 342 g/mol. The van der Waals surface area contributed by atoms with Crippen LogP contribution >= 0.6 is 0 Å². The lowest BCUT2D eigenvalue weighted by molar-refractivity contribution is -0.116. The molecule has 0 aliphatic carbocycles. The summed E-state index contributed by atoms with van der Waals surface area (Å²) < 4.78 is 26.5. The molecule has 0 atom stereocenters. The first kappa shape index (κ1) is 19.4. The van der Waals surface area contributed by atoms with Gasteiger partial charge in [-0.3, -0.25) is 4.79 Å². The molecule has 1 aromatic rings. The first-order chi connectivity index (χ1) is 10.9. The minimum atomic E-state index is -3.57. The van der Waals surface area contributed by atoms with Gasteiger partial charge in [0.15, 0.2) is 0 Å². The van der Waals surface area contributed by atoms with E-state index in [9.17, 15) is 13.2 Å². The quantitative estimate of drug-likeness (QED) is 0.630. The van der Waals surface area contributed by atoms with Crippen molar-refractivity contribution in [1.29, 1.82) is 0 Å². The predicted octanol–water partition coefficient (Wildman–Crippen LogP) is 1.44. The van der Waals surface area contributed by atoms with Gasteiger partial charge in [-0.1, -0.05) is 13.8 Å². The lowest BCUT2D eigenvalue weighted by Gasteiger charge is -2.20. The third kappa shape index (κ3) is 4.92. The summed E-state index contributed by atoms with van der Waals surface area (Å²) >= 11 is 0. The third-order valence-corrected chi connectivity index (χ3v) is 5.53. The second-order valence-corrected chi connectivity index (χ2v) is 6.93. The fraction of sp³-hybridized carbons (Fsp3) is 0.533. The number of anilines is 2. The molecule has 0 aromatic heterocycles. The van der Waals surface area contributed by atoms with E-state index >= 15 is 0 Å². The molecule has 7 nitrogen and oxygen atoms in total. The largest absolute Gasteiger partial charge is 0.386 e. The van der Waals surface area contributed by atoms with E-state index in [0.29, 0.717) is 43.9 Å². The van der Waals surface area contributed by atoms with Crippen LogP contribution in [-0.2, 0) is 14.8 Å². The lowest BCUT2D eigenvalue weighted by atomic mass is 10.2. The summed E-state index contributed by atoms with van der Waals surface area (Å²) in [4.78, 5) is 12.1. The summed E-state index contributed by atoms with van der Waals surface area (Å²) in [5.74, 6) is -0.190. The van der Waals surface area contributed by atoms with E-state index in [0.717, 1.165) is 0 Å². The molecule has 1 rings (SSSR count). The normalized spacial score (nSPS) is 11.5. The highest BCUT2D eigenvalue weighted by atomic mass is 32.2. The van der Waals surface area contributed by atoms with E-state index < -0.39 is 10.0 Å². The summed E-state index contributed by atoms with van der Waals surface area (Å²) in [6, 6.07) is 4.67. The van der Waals surface area contributed by atoms with E-state index in [4.69, 9.17) is 5.73 Å². The molecular weight excluding hydrogens is 316 g/mol. The predicted molar refractivity (Wildman–Crippen MR) is 93.0 cm³/mol. The van der Waals surface area contributed by atoms with Gasteiger partial charge in [0.2, 0.25) is 15.9 Å². The molecule has 0 radical (unpaired) electrons. The van der Waals surface area contributed by atoms with Crippen LogP contribution in [0.2, 0.25) is 0 Å². The van der Waals surface area contributed by atoms with Crippen LogP contribution in [0.15, 0.2) is 23.1 Å². The van der Waals surface area contributed by atoms with Crippen LogP contribution in [0.3, 0.4) is 0 Å². The number of carbonyl (C=O) groups is 1. The Kier molecular flexibility index (Phi) is 7.47. The van der Waals surface area contributed by atoms with Gasteiger partial charge in [-0.15, -0.1) is 0 Å². The number of carbonyl (C=O) groups excluding carboxylic acids is 1. The minimum absolute atomic E-state index is 0.161. The molecule has 4 N–H and O–H groups in total. The Morgan fingerprint density at radius 3 is 2.39 bits per heavy atom. The maximum absolute atomic E-state index is 12.6. The van der Waals surface area contributed by atoms with E-state index in [1.165, 1.54) is 16.4 Å². The molecule has 0 aliphatic rings. The van der Waals surface area contributed by atoms with Crippen LogP contribution in [0.4, 0.5) is 11.4 Å². The molecule has 0 bridgehead atoms. The van der Waals surface area contributed by atoms with Crippen LogP contribution in [0, 0.1) is 0 Å². The van der Waals surface area contributed by atoms with Crippen molar-refractivity contribution in [3.05, 3.63) is 18.2 Å². The van der Waals surface area contributed by atoms with Crippen molar-refractivity contribution in [3.8, 4) is 0 Å². The van der Waals surface area contributed by atoms with Crippen molar-refractivity contribution in [2.75, 3.05) is 37.3 Å². The summed E-state index contributed by atoms with van der Waals surface area (Å²) in [5.41, 5.74) is 6.50. The molecule has 8 heteroatoms. The number of nitrogens with one attached hydrogen (secondary N) is 2. The summed E-state index contributed by atoms with van der Waals surface area (Å²) in [6.07, 6.45) is 0.880. The van der Waals surface area contributed by atoms with Crippen molar-refractivity contribution >= 4 is 27.3 Å². The van der Waals surface area contributed by atoms with Gasteiger partial charge in [0.25, 0.3) is 0 Å². The number of nitrogens with zero attached hydrogens (tertiary/aromatic N) is 1. The number of sulfonamides is 1. The minimum Gasteiger partial charge on any atom is -0.386 e. The Morgan fingerprint density at radius 2 is 1.87 bits per heavy atom. The number of benzene rings is 1. The van der Waals surface area contributed by atoms with Crippen molar-refractivity contribution in [2.24, 2.45) is 5.73 Å². The Hall–Kier alpha value is -1.64. The van der Waals surface area contributed by atoms with Crippen molar-refractivity contribution in [2.45, 2.75) is 31.6 Å². The lowest BCUT2D eigenvalue weighted by Crippen LogP contribution is -2.30. The number of rotatable bonds is 9. The molecule has 0 saturated heterocycles. The molecule has 130 valence electrons. The van der Waals surface area contributed by atoms with Gasteiger partial charge >= 0.3 is 0 Å². The summed E-state index contributed by atoms with van der Waals surface area (Å²) in [6.45, 7) is 4.80. The molecule has 1 aromatic carbocycles. The number of amides is 1. The highest BCUT2D eigenvalue weighted by Gasteiger charge is 2.22. The maximum Gasteiger partial charge on any atom is 0.243 e. The number of hydrogen-bond donors (Lipinski definition) is 3. The van der Waals surface area contributed by atoms with E-state index in [-0.39, 0.29) is 10.8 Å². The van der Waals surface area contributed by atoms with Gasteiger partial charge in [0.05, 0.1) is 16.3 Å². The first-order valence-corrected chi connectivity index (χ1v) is 9.16. The topological polar surface area (TPSA) is 105 Å². The molecule has 0 fully saturated rings. The molecule has 0 heterocycles. The standard InChI is InChI=1S/C15H26N4O3S/c1-4-19(5-2)23(21,22)12-8-9-13(17-3)14(11-12)18-15(20)7-6-10-16/h8-9,11,17H,4-7,10,16H2,1-3H3,(H,18,20). The summed E-state index contributed by atoms with van der Waals surface area (Å²) in [5, 5.41) is 5.69. The van der Waals surface area contributed by atoms with Gasteiger partial charge in [0, 0.05) is 26.6 Å². The van der Waals surface area contributed by atoms with E-state index in [2.05, 4.69) is 10.6 Å². The SMILES string of the molecule is CCN(CC)S(=O)(=O)c1ccc(NC)c(NC(=O)CCCN)c1. The fourth-order valence-corrected chi connectivity index (χ4v) is 3.68. The number of nitrogens with two attached hydrogens (primary N) is 1. The Bertz CT molecular complexity index is 628. The average Bonchev–Trinajstić information content (AvgIpc) is 2.53. The molecule has 0 aliphatic heterocycles. The molecule has 23 heavy (non-hydrogen) atoms.